The Balaban J connectivity index is 1.14. The minimum Gasteiger partial charge on any atom is -0.368 e. The number of carbonyl (C=O) groups excluding carboxylic acids is 1. The molecule has 38 heavy (non-hydrogen) atoms. The third kappa shape index (κ3) is 5.20. The molecule has 3 heterocycles. The number of hydrogen-bond acceptors (Lipinski definition) is 4. The molecule has 6 rings (SSSR count). The molecule has 8 heteroatoms. The first kappa shape index (κ1) is 25.1. The van der Waals surface area contributed by atoms with Crippen molar-refractivity contribution in [3.05, 3.63) is 88.9 Å². The molecule has 2 aliphatic rings. The maximum atomic E-state index is 13.5. The Kier molecular flexibility index (Phi) is 7.17. The fourth-order valence-electron chi connectivity index (χ4n) is 5.76. The SMILES string of the molecule is O=C([C@@H]1CCCN(Cc2nc3ccccc3n2-c2ccc(Br)cc2)C1)N1CCN(c2ccc(F)cc2)CC1. The molecule has 0 aliphatic carbocycles. The van der Waals surface area contributed by atoms with Gasteiger partial charge < -0.3 is 9.80 Å². The van der Waals surface area contributed by atoms with Gasteiger partial charge in [0.25, 0.3) is 0 Å². The second-order valence-corrected chi connectivity index (χ2v) is 11.1. The van der Waals surface area contributed by atoms with E-state index in [9.17, 15) is 9.18 Å². The van der Waals surface area contributed by atoms with Gasteiger partial charge in [-0.25, -0.2) is 9.37 Å². The molecular weight excluding hydrogens is 545 g/mol. The molecule has 196 valence electrons. The summed E-state index contributed by atoms with van der Waals surface area (Å²) < 4.78 is 16.6. The van der Waals surface area contributed by atoms with Crippen LogP contribution in [0.5, 0.6) is 0 Å². The van der Waals surface area contributed by atoms with E-state index < -0.39 is 0 Å². The topological polar surface area (TPSA) is 44.6 Å². The molecule has 0 radical (unpaired) electrons. The van der Waals surface area contributed by atoms with E-state index in [2.05, 4.69) is 72.8 Å². The fourth-order valence-corrected chi connectivity index (χ4v) is 6.02. The highest BCUT2D eigenvalue weighted by Crippen LogP contribution is 2.27. The highest BCUT2D eigenvalue weighted by Gasteiger charge is 2.31. The van der Waals surface area contributed by atoms with Crippen molar-refractivity contribution in [1.82, 2.24) is 19.4 Å². The summed E-state index contributed by atoms with van der Waals surface area (Å²) in [6, 6.07) is 23.2. The van der Waals surface area contributed by atoms with E-state index in [4.69, 9.17) is 4.98 Å². The molecule has 1 atom stereocenters. The number of imidazole rings is 1. The number of piperazine rings is 1. The summed E-state index contributed by atoms with van der Waals surface area (Å²) in [7, 11) is 0. The molecule has 6 nitrogen and oxygen atoms in total. The molecule has 3 aromatic carbocycles. The normalized spacial score (nSPS) is 18.7. The van der Waals surface area contributed by atoms with Gasteiger partial charge in [0, 0.05) is 48.6 Å². The molecular formula is C30H31BrFN5O. The van der Waals surface area contributed by atoms with Gasteiger partial charge in [0.2, 0.25) is 5.91 Å². The van der Waals surface area contributed by atoms with E-state index in [1.165, 1.54) is 12.1 Å². The van der Waals surface area contributed by atoms with E-state index in [1.54, 1.807) is 0 Å². The van der Waals surface area contributed by atoms with E-state index in [0.29, 0.717) is 19.6 Å². The number of para-hydroxylation sites is 2. The second kappa shape index (κ2) is 10.9. The summed E-state index contributed by atoms with van der Waals surface area (Å²) in [4.78, 5) is 25.1. The average molecular weight is 577 g/mol. The van der Waals surface area contributed by atoms with Crippen molar-refractivity contribution < 1.29 is 9.18 Å². The van der Waals surface area contributed by atoms with Crippen molar-refractivity contribution in [2.24, 2.45) is 5.92 Å². The summed E-state index contributed by atoms with van der Waals surface area (Å²) in [5.41, 5.74) is 4.17. The molecule has 0 saturated carbocycles. The van der Waals surface area contributed by atoms with Crippen LogP contribution in [-0.2, 0) is 11.3 Å². The molecule has 0 spiro atoms. The first-order valence-electron chi connectivity index (χ1n) is 13.3. The largest absolute Gasteiger partial charge is 0.368 e. The lowest BCUT2D eigenvalue weighted by Crippen LogP contribution is -2.52. The maximum Gasteiger partial charge on any atom is 0.227 e. The smallest absolute Gasteiger partial charge is 0.227 e. The van der Waals surface area contributed by atoms with Crippen molar-refractivity contribution in [3.8, 4) is 5.69 Å². The first-order valence-corrected chi connectivity index (χ1v) is 14.1. The number of benzene rings is 3. The van der Waals surface area contributed by atoms with E-state index in [1.807, 2.05) is 23.1 Å². The molecule has 2 fully saturated rings. The van der Waals surface area contributed by atoms with Gasteiger partial charge in [-0.3, -0.25) is 14.3 Å². The van der Waals surface area contributed by atoms with Crippen molar-refractivity contribution >= 4 is 38.6 Å². The predicted octanol–water partition coefficient (Wildman–Crippen LogP) is 5.49. The summed E-state index contributed by atoms with van der Waals surface area (Å²) in [6.07, 6.45) is 1.93. The zero-order valence-electron chi connectivity index (χ0n) is 21.3. The highest BCUT2D eigenvalue weighted by atomic mass is 79.9. The van der Waals surface area contributed by atoms with E-state index >= 15 is 0 Å². The number of carbonyl (C=O) groups is 1. The van der Waals surface area contributed by atoms with E-state index in [-0.39, 0.29) is 17.6 Å². The number of nitrogens with zero attached hydrogens (tertiary/aromatic N) is 5. The Hall–Kier alpha value is -3.23. The fraction of sp³-hybridized carbons (Fsp3) is 0.333. The Morgan fingerprint density at radius 3 is 2.37 bits per heavy atom. The van der Waals surface area contributed by atoms with Crippen LogP contribution >= 0.6 is 15.9 Å². The van der Waals surface area contributed by atoms with Crippen LogP contribution in [-0.4, -0.2) is 64.5 Å². The van der Waals surface area contributed by atoms with Crippen molar-refractivity contribution in [3.63, 3.8) is 0 Å². The van der Waals surface area contributed by atoms with Crippen molar-refractivity contribution in [2.75, 3.05) is 44.2 Å². The molecule has 1 amide bonds. The van der Waals surface area contributed by atoms with E-state index in [0.717, 1.165) is 71.7 Å². The first-order chi connectivity index (χ1) is 18.5. The number of rotatable bonds is 5. The molecule has 1 aromatic heterocycles. The molecule has 2 saturated heterocycles. The molecule has 0 N–H and O–H groups in total. The van der Waals surface area contributed by atoms with Crippen LogP contribution in [0, 0.1) is 11.7 Å². The Morgan fingerprint density at radius 1 is 0.895 bits per heavy atom. The number of halogens is 2. The number of hydrogen-bond donors (Lipinski definition) is 0. The van der Waals surface area contributed by atoms with Crippen LogP contribution in [0.1, 0.15) is 18.7 Å². The van der Waals surface area contributed by atoms with Crippen molar-refractivity contribution in [2.45, 2.75) is 19.4 Å². The van der Waals surface area contributed by atoms with Crippen LogP contribution in [0.3, 0.4) is 0 Å². The number of amides is 1. The lowest BCUT2D eigenvalue weighted by atomic mass is 9.96. The maximum absolute atomic E-state index is 13.5. The number of aromatic nitrogens is 2. The van der Waals surface area contributed by atoms with Crippen LogP contribution in [0.25, 0.3) is 16.7 Å². The highest BCUT2D eigenvalue weighted by molar-refractivity contribution is 9.10. The lowest BCUT2D eigenvalue weighted by molar-refractivity contribution is -0.137. The monoisotopic (exact) mass is 575 g/mol. The standard InChI is InChI=1S/C30H31BrFN5O/c31-23-7-11-26(12-8-23)37-28-6-2-1-5-27(28)33-29(37)21-34-15-3-4-22(20-34)30(38)36-18-16-35(17-19-36)25-13-9-24(32)10-14-25/h1-2,5-14,22H,3-4,15-21H2/t22-/m1/s1. The zero-order valence-corrected chi connectivity index (χ0v) is 22.9. The van der Waals surface area contributed by atoms with Gasteiger partial charge in [-0.1, -0.05) is 28.1 Å². The second-order valence-electron chi connectivity index (χ2n) is 10.2. The average Bonchev–Trinajstić information content (AvgIpc) is 3.31. The number of anilines is 1. The summed E-state index contributed by atoms with van der Waals surface area (Å²) >= 11 is 3.54. The molecule has 0 bridgehead atoms. The van der Waals surface area contributed by atoms with Crippen molar-refractivity contribution in [1.29, 1.82) is 0 Å². The quantitative estimate of drug-likeness (QED) is 0.316. The van der Waals surface area contributed by atoms with Crippen LogP contribution in [0.15, 0.2) is 77.3 Å². The van der Waals surface area contributed by atoms with Gasteiger partial charge >= 0.3 is 0 Å². The minimum atomic E-state index is -0.225. The Labute approximate surface area is 230 Å². The number of piperidine rings is 1. The minimum absolute atomic E-state index is 0.00614. The zero-order chi connectivity index (χ0) is 26.1. The van der Waals surface area contributed by atoms with Gasteiger partial charge in [0.15, 0.2) is 0 Å². The van der Waals surface area contributed by atoms with Crippen LogP contribution in [0.2, 0.25) is 0 Å². The Bertz CT molecular complexity index is 1410. The van der Waals surface area contributed by atoms with Gasteiger partial charge in [0.1, 0.15) is 11.6 Å². The van der Waals surface area contributed by atoms with Gasteiger partial charge in [-0.2, -0.15) is 0 Å². The third-order valence-corrected chi connectivity index (χ3v) is 8.25. The van der Waals surface area contributed by atoms with Gasteiger partial charge in [-0.05, 0) is 80.1 Å². The summed E-state index contributed by atoms with van der Waals surface area (Å²) in [5.74, 6) is 1.04. The van der Waals surface area contributed by atoms with Gasteiger partial charge in [-0.15, -0.1) is 0 Å². The lowest BCUT2D eigenvalue weighted by Gasteiger charge is -2.39. The predicted molar refractivity (Wildman–Crippen MR) is 152 cm³/mol. The third-order valence-electron chi connectivity index (χ3n) is 7.72. The number of fused-ring (bicyclic) bond motifs is 1. The molecule has 2 aliphatic heterocycles. The molecule has 4 aromatic rings. The summed E-state index contributed by atoms with van der Waals surface area (Å²) in [5, 5.41) is 0. The van der Waals surface area contributed by atoms with Gasteiger partial charge in [0.05, 0.1) is 23.5 Å². The number of likely N-dealkylation sites (tertiary alicyclic amines) is 1. The van der Waals surface area contributed by atoms with Crippen LogP contribution in [0.4, 0.5) is 10.1 Å². The Morgan fingerprint density at radius 2 is 1.61 bits per heavy atom. The molecule has 0 unspecified atom stereocenters. The van der Waals surface area contributed by atoms with Crippen LogP contribution < -0.4 is 4.90 Å². The summed E-state index contributed by atoms with van der Waals surface area (Å²) in [6.45, 7) is 5.35.